The number of amidine groups is 1. The average Bonchev–Trinajstić information content (AvgIpc) is 3.03. The standard InChI is InChI=1S/C25H32N4O4S/c1-2-32-25(30)23(26)33-18-17-31-16-15-28-11-13-29(14-12-28)24-19-7-3-5-9-21(19)34-22-10-6-4-8-20(22)27-24/h3-10,23H,2,11-18,26H2,1H3. The van der Waals surface area contributed by atoms with Gasteiger partial charge in [0, 0.05) is 48.1 Å². The lowest BCUT2D eigenvalue weighted by molar-refractivity contribution is -0.157. The van der Waals surface area contributed by atoms with Crippen LogP contribution in [-0.2, 0) is 19.0 Å². The van der Waals surface area contributed by atoms with E-state index < -0.39 is 12.2 Å². The van der Waals surface area contributed by atoms with Gasteiger partial charge in [0.15, 0.2) is 0 Å². The van der Waals surface area contributed by atoms with Crippen LogP contribution >= 0.6 is 11.8 Å². The summed E-state index contributed by atoms with van der Waals surface area (Å²) in [5.74, 6) is 0.502. The van der Waals surface area contributed by atoms with Gasteiger partial charge in [0.2, 0.25) is 6.23 Å². The molecule has 8 nitrogen and oxygen atoms in total. The number of rotatable bonds is 9. The average molecular weight is 485 g/mol. The van der Waals surface area contributed by atoms with Crippen LogP contribution in [0.1, 0.15) is 12.5 Å². The first kappa shape index (κ1) is 24.7. The molecule has 0 aliphatic carbocycles. The zero-order valence-electron chi connectivity index (χ0n) is 19.5. The van der Waals surface area contributed by atoms with Crippen LogP contribution in [0.15, 0.2) is 63.3 Å². The molecule has 1 atom stereocenters. The molecule has 2 aromatic rings. The van der Waals surface area contributed by atoms with Crippen LogP contribution in [0.25, 0.3) is 0 Å². The molecule has 2 aliphatic heterocycles. The number of ether oxygens (including phenoxy) is 3. The number of hydrogen-bond donors (Lipinski definition) is 1. The van der Waals surface area contributed by atoms with Crippen LogP contribution < -0.4 is 5.73 Å². The van der Waals surface area contributed by atoms with Gasteiger partial charge in [-0.25, -0.2) is 9.79 Å². The molecule has 0 bridgehead atoms. The number of para-hydroxylation sites is 1. The van der Waals surface area contributed by atoms with Crippen molar-refractivity contribution in [3.63, 3.8) is 0 Å². The van der Waals surface area contributed by atoms with Gasteiger partial charge in [0.1, 0.15) is 5.84 Å². The molecule has 182 valence electrons. The highest BCUT2D eigenvalue weighted by molar-refractivity contribution is 7.99. The van der Waals surface area contributed by atoms with Crippen molar-refractivity contribution in [2.75, 3.05) is 59.2 Å². The second-order valence-corrected chi connectivity index (χ2v) is 9.07. The zero-order chi connectivity index (χ0) is 23.8. The van der Waals surface area contributed by atoms with Crippen LogP contribution in [0.3, 0.4) is 0 Å². The molecule has 4 rings (SSSR count). The Bertz CT molecular complexity index is 994. The number of aliphatic imine (C=N–C) groups is 1. The molecule has 2 N–H and O–H groups in total. The van der Waals surface area contributed by atoms with Gasteiger partial charge in [-0.15, -0.1) is 0 Å². The molecule has 0 aromatic heterocycles. The lowest BCUT2D eigenvalue weighted by atomic mass is 10.1. The summed E-state index contributed by atoms with van der Waals surface area (Å²) >= 11 is 1.78. The minimum atomic E-state index is -1.06. The minimum absolute atomic E-state index is 0.256. The van der Waals surface area contributed by atoms with Crippen LogP contribution in [-0.4, -0.2) is 87.0 Å². The number of nitrogens with two attached hydrogens (primary N) is 1. The van der Waals surface area contributed by atoms with Crippen molar-refractivity contribution < 1.29 is 19.0 Å². The van der Waals surface area contributed by atoms with Crippen molar-refractivity contribution in [3.8, 4) is 0 Å². The van der Waals surface area contributed by atoms with E-state index in [-0.39, 0.29) is 13.2 Å². The van der Waals surface area contributed by atoms with Crippen molar-refractivity contribution in [2.24, 2.45) is 10.7 Å². The molecule has 1 unspecified atom stereocenters. The van der Waals surface area contributed by atoms with Crippen molar-refractivity contribution in [1.29, 1.82) is 0 Å². The third-order valence-corrected chi connectivity index (χ3v) is 6.85. The summed E-state index contributed by atoms with van der Waals surface area (Å²) in [5, 5.41) is 0. The fourth-order valence-corrected chi connectivity index (χ4v) is 4.93. The van der Waals surface area contributed by atoms with Gasteiger partial charge < -0.3 is 19.1 Å². The lowest BCUT2D eigenvalue weighted by Crippen LogP contribution is -2.49. The fraction of sp³-hybridized carbons (Fsp3) is 0.440. The van der Waals surface area contributed by atoms with Crippen molar-refractivity contribution in [3.05, 3.63) is 54.1 Å². The summed E-state index contributed by atoms with van der Waals surface area (Å²) in [6.45, 7) is 7.83. The number of carbonyl (C=O) groups excluding carboxylic acids is 1. The second kappa shape index (κ2) is 12.3. The molecule has 2 heterocycles. The van der Waals surface area contributed by atoms with E-state index in [2.05, 4.69) is 52.3 Å². The number of benzene rings is 2. The Morgan fingerprint density at radius 2 is 1.76 bits per heavy atom. The van der Waals surface area contributed by atoms with E-state index in [4.69, 9.17) is 24.9 Å². The maximum absolute atomic E-state index is 11.4. The molecule has 0 radical (unpaired) electrons. The van der Waals surface area contributed by atoms with Gasteiger partial charge >= 0.3 is 5.97 Å². The normalized spacial score (nSPS) is 16.8. The van der Waals surface area contributed by atoms with Crippen LogP contribution in [0.2, 0.25) is 0 Å². The van der Waals surface area contributed by atoms with Crippen LogP contribution in [0.5, 0.6) is 0 Å². The molecule has 34 heavy (non-hydrogen) atoms. The van der Waals surface area contributed by atoms with E-state index in [0.717, 1.165) is 44.2 Å². The highest BCUT2D eigenvalue weighted by atomic mass is 32.2. The van der Waals surface area contributed by atoms with Gasteiger partial charge in [0.25, 0.3) is 0 Å². The third-order valence-electron chi connectivity index (χ3n) is 5.71. The minimum Gasteiger partial charge on any atom is -0.463 e. The van der Waals surface area contributed by atoms with Crippen molar-refractivity contribution in [2.45, 2.75) is 22.9 Å². The predicted molar refractivity (Wildman–Crippen MR) is 133 cm³/mol. The van der Waals surface area contributed by atoms with Crippen LogP contribution in [0.4, 0.5) is 5.69 Å². The highest BCUT2D eigenvalue weighted by Crippen LogP contribution is 2.40. The monoisotopic (exact) mass is 484 g/mol. The zero-order valence-corrected chi connectivity index (χ0v) is 20.3. The molecular weight excluding hydrogens is 452 g/mol. The van der Waals surface area contributed by atoms with Gasteiger partial charge in [0.05, 0.1) is 32.1 Å². The smallest absolute Gasteiger partial charge is 0.350 e. The molecule has 2 aromatic carbocycles. The molecule has 9 heteroatoms. The number of hydrogen-bond acceptors (Lipinski definition) is 9. The summed E-state index contributed by atoms with van der Waals surface area (Å²) in [6.07, 6.45) is -1.06. The van der Waals surface area contributed by atoms with E-state index in [1.165, 1.54) is 15.4 Å². The fourth-order valence-electron chi connectivity index (χ4n) is 3.92. The summed E-state index contributed by atoms with van der Waals surface area (Å²) < 4.78 is 15.7. The Morgan fingerprint density at radius 3 is 2.56 bits per heavy atom. The maximum atomic E-state index is 11.4. The SMILES string of the molecule is CCOC(=O)C(N)OCCOCCN1CCN(C2=Nc3ccccc3Sc3ccccc32)CC1. The number of fused-ring (bicyclic) bond motifs is 2. The summed E-state index contributed by atoms with van der Waals surface area (Å²) in [5.41, 5.74) is 7.82. The van der Waals surface area contributed by atoms with Gasteiger partial charge in [-0.3, -0.25) is 10.6 Å². The molecular formula is C25H32N4O4S. The first-order valence-corrected chi connectivity index (χ1v) is 12.5. The third kappa shape index (κ3) is 6.37. The molecule has 0 saturated carbocycles. The Morgan fingerprint density at radius 1 is 1.03 bits per heavy atom. The first-order chi connectivity index (χ1) is 16.7. The molecule has 0 spiro atoms. The van der Waals surface area contributed by atoms with Crippen molar-refractivity contribution in [1.82, 2.24) is 9.80 Å². The van der Waals surface area contributed by atoms with E-state index in [9.17, 15) is 4.79 Å². The summed E-state index contributed by atoms with van der Waals surface area (Å²) in [4.78, 5) is 23.7. The molecule has 1 saturated heterocycles. The first-order valence-electron chi connectivity index (χ1n) is 11.7. The highest BCUT2D eigenvalue weighted by Gasteiger charge is 2.25. The quantitative estimate of drug-likeness (QED) is 0.330. The number of nitrogens with zero attached hydrogens (tertiary/aromatic N) is 3. The lowest BCUT2D eigenvalue weighted by Gasteiger charge is -2.36. The van der Waals surface area contributed by atoms with E-state index in [1.54, 1.807) is 18.7 Å². The predicted octanol–water partition coefficient (Wildman–Crippen LogP) is 2.73. The van der Waals surface area contributed by atoms with Crippen molar-refractivity contribution >= 4 is 29.3 Å². The molecule has 0 amide bonds. The molecule has 1 fully saturated rings. The van der Waals surface area contributed by atoms with E-state index in [1.807, 2.05) is 6.07 Å². The second-order valence-electron chi connectivity index (χ2n) is 7.99. The number of esters is 1. The number of piperazine rings is 1. The van der Waals surface area contributed by atoms with E-state index in [0.29, 0.717) is 13.2 Å². The Hall–Kier alpha value is -2.43. The number of carbonyl (C=O) groups is 1. The summed E-state index contributed by atoms with van der Waals surface area (Å²) in [7, 11) is 0. The Kier molecular flexibility index (Phi) is 8.95. The van der Waals surface area contributed by atoms with Gasteiger partial charge in [-0.05, 0) is 25.1 Å². The molecule has 2 aliphatic rings. The Labute approximate surface area is 205 Å². The maximum Gasteiger partial charge on any atom is 0.350 e. The van der Waals surface area contributed by atoms with Crippen LogP contribution in [0, 0.1) is 0 Å². The summed E-state index contributed by atoms with van der Waals surface area (Å²) in [6, 6.07) is 16.9. The van der Waals surface area contributed by atoms with Gasteiger partial charge in [-0.1, -0.05) is 42.1 Å². The largest absolute Gasteiger partial charge is 0.463 e. The topological polar surface area (TPSA) is 89.6 Å². The van der Waals surface area contributed by atoms with Gasteiger partial charge in [-0.2, -0.15) is 0 Å². The Balaban J connectivity index is 1.24. The van der Waals surface area contributed by atoms with E-state index >= 15 is 0 Å².